The van der Waals surface area contributed by atoms with Crippen molar-refractivity contribution in [2.24, 2.45) is 0 Å². The van der Waals surface area contributed by atoms with Gasteiger partial charge in [-0.2, -0.15) is 0 Å². The van der Waals surface area contributed by atoms with Crippen LogP contribution in [0.1, 0.15) is 17.3 Å². The van der Waals surface area contributed by atoms with E-state index in [4.69, 9.17) is 4.74 Å². The van der Waals surface area contributed by atoms with Crippen molar-refractivity contribution in [2.45, 2.75) is 23.9 Å². The van der Waals surface area contributed by atoms with Crippen LogP contribution in [0.5, 0.6) is 0 Å². The van der Waals surface area contributed by atoms with Gasteiger partial charge in [0.15, 0.2) is 10.9 Å². The lowest BCUT2D eigenvalue weighted by Gasteiger charge is -2.13. The smallest absolute Gasteiger partial charge is 0.178 e. The van der Waals surface area contributed by atoms with Crippen LogP contribution in [0.4, 0.5) is 8.78 Å². The van der Waals surface area contributed by atoms with Crippen LogP contribution in [0.2, 0.25) is 0 Å². The van der Waals surface area contributed by atoms with Crippen molar-refractivity contribution in [3.8, 4) is 0 Å². The van der Waals surface area contributed by atoms with Crippen molar-refractivity contribution in [1.29, 1.82) is 0 Å². The number of para-hydroxylation sites is 2. The molecule has 0 N–H and O–H groups in total. The molecule has 0 radical (unpaired) electrons. The lowest BCUT2D eigenvalue weighted by molar-refractivity contribution is 0.0990. The third-order valence-electron chi connectivity index (χ3n) is 3.99. The standard InChI is InChI=1S/C19H18F2N2O2S/c1-12(18(24)14-8-7-13(20)11-15(14)21)26-19-22-16-5-3-4-6-17(16)23(19)9-10-25-2/h3-8,11-12H,9-10H2,1-2H3. The summed E-state index contributed by atoms with van der Waals surface area (Å²) in [6.45, 7) is 2.78. The minimum atomic E-state index is -0.852. The second-order valence-corrected chi connectivity index (χ2v) is 7.08. The molecule has 26 heavy (non-hydrogen) atoms. The summed E-state index contributed by atoms with van der Waals surface area (Å²) < 4.78 is 34.1. The average molecular weight is 376 g/mol. The Hall–Kier alpha value is -2.25. The van der Waals surface area contributed by atoms with E-state index in [0.29, 0.717) is 18.3 Å². The molecule has 0 bridgehead atoms. The molecule has 3 rings (SSSR count). The third kappa shape index (κ3) is 3.78. The number of fused-ring (bicyclic) bond motifs is 1. The van der Waals surface area contributed by atoms with Crippen LogP contribution >= 0.6 is 11.8 Å². The Morgan fingerprint density at radius 1 is 1.27 bits per heavy atom. The molecule has 1 heterocycles. The molecule has 1 atom stereocenters. The van der Waals surface area contributed by atoms with Crippen molar-refractivity contribution in [3.63, 3.8) is 0 Å². The number of carbonyl (C=O) groups excluding carboxylic acids is 1. The third-order valence-corrected chi connectivity index (χ3v) is 5.08. The van der Waals surface area contributed by atoms with Gasteiger partial charge in [-0.3, -0.25) is 4.79 Å². The number of benzene rings is 2. The van der Waals surface area contributed by atoms with Gasteiger partial charge in [-0.05, 0) is 31.2 Å². The minimum absolute atomic E-state index is 0.119. The molecule has 0 aliphatic rings. The van der Waals surface area contributed by atoms with Crippen LogP contribution in [0.25, 0.3) is 11.0 Å². The van der Waals surface area contributed by atoms with Gasteiger partial charge in [0.25, 0.3) is 0 Å². The quantitative estimate of drug-likeness (QED) is 0.455. The molecule has 0 spiro atoms. The fraction of sp³-hybridized carbons (Fsp3) is 0.263. The zero-order valence-corrected chi connectivity index (χ0v) is 15.2. The molecule has 0 fully saturated rings. The number of aromatic nitrogens is 2. The molecule has 0 amide bonds. The Labute approximate surface area is 154 Å². The Morgan fingerprint density at radius 3 is 2.77 bits per heavy atom. The summed E-state index contributed by atoms with van der Waals surface area (Å²) in [5.41, 5.74) is 1.64. The highest BCUT2D eigenvalue weighted by molar-refractivity contribution is 8.00. The molecular weight excluding hydrogens is 358 g/mol. The maximum absolute atomic E-state index is 13.9. The van der Waals surface area contributed by atoms with Crippen molar-refractivity contribution in [2.75, 3.05) is 13.7 Å². The monoisotopic (exact) mass is 376 g/mol. The SMILES string of the molecule is COCCn1c(SC(C)C(=O)c2ccc(F)cc2F)nc2ccccc21. The summed E-state index contributed by atoms with van der Waals surface area (Å²) in [6, 6.07) is 10.7. The Kier molecular flexibility index (Phi) is 5.68. The van der Waals surface area contributed by atoms with Gasteiger partial charge in [0.2, 0.25) is 0 Å². The topological polar surface area (TPSA) is 44.1 Å². The first-order chi connectivity index (χ1) is 12.5. The summed E-state index contributed by atoms with van der Waals surface area (Å²) in [4.78, 5) is 17.2. The van der Waals surface area contributed by atoms with Gasteiger partial charge in [-0.1, -0.05) is 23.9 Å². The summed E-state index contributed by atoms with van der Waals surface area (Å²) in [5, 5.41) is 0.0830. The summed E-state index contributed by atoms with van der Waals surface area (Å²) in [5.74, 6) is -1.96. The van der Waals surface area contributed by atoms with Gasteiger partial charge in [-0.15, -0.1) is 0 Å². The lowest BCUT2D eigenvalue weighted by atomic mass is 10.1. The molecule has 136 valence electrons. The Bertz CT molecular complexity index is 942. The van der Waals surface area contributed by atoms with E-state index in [2.05, 4.69) is 4.98 Å². The maximum Gasteiger partial charge on any atom is 0.178 e. The molecule has 1 unspecified atom stereocenters. The van der Waals surface area contributed by atoms with Gasteiger partial charge >= 0.3 is 0 Å². The van der Waals surface area contributed by atoms with Crippen LogP contribution < -0.4 is 0 Å². The number of Topliss-reactive ketones (excluding diaryl/α,β-unsaturated/α-hetero) is 1. The van der Waals surface area contributed by atoms with Crippen molar-refractivity contribution in [3.05, 3.63) is 59.7 Å². The highest BCUT2D eigenvalue weighted by Crippen LogP contribution is 2.29. The highest BCUT2D eigenvalue weighted by Gasteiger charge is 2.23. The molecule has 7 heteroatoms. The molecule has 2 aromatic carbocycles. The molecule has 0 aliphatic carbocycles. The fourth-order valence-corrected chi connectivity index (χ4v) is 3.68. The first kappa shape index (κ1) is 18.5. The van der Waals surface area contributed by atoms with Crippen molar-refractivity contribution in [1.82, 2.24) is 9.55 Å². The van der Waals surface area contributed by atoms with Crippen molar-refractivity contribution < 1.29 is 18.3 Å². The fourth-order valence-electron chi connectivity index (χ4n) is 2.66. The van der Waals surface area contributed by atoms with Crippen LogP contribution in [-0.2, 0) is 11.3 Å². The zero-order chi connectivity index (χ0) is 18.7. The van der Waals surface area contributed by atoms with Crippen LogP contribution in [0.15, 0.2) is 47.6 Å². The predicted octanol–water partition coefficient (Wildman–Crippen LogP) is 4.32. The number of hydrogen-bond acceptors (Lipinski definition) is 4. The molecular formula is C19H18F2N2O2S. The van der Waals surface area contributed by atoms with Gasteiger partial charge < -0.3 is 9.30 Å². The lowest BCUT2D eigenvalue weighted by Crippen LogP contribution is -2.17. The number of imidazole rings is 1. The molecule has 4 nitrogen and oxygen atoms in total. The second-order valence-electron chi connectivity index (χ2n) is 5.78. The largest absolute Gasteiger partial charge is 0.383 e. The summed E-state index contributed by atoms with van der Waals surface area (Å²) in [6.07, 6.45) is 0. The number of rotatable bonds is 7. The van der Waals surface area contributed by atoms with E-state index in [9.17, 15) is 13.6 Å². The maximum atomic E-state index is 13.9. The van der Waals surface area contributed by atoms with Gasteiger partial charge in [-0.25, -0.2) is 13.8 Å². The summed E-state index contributed by atoms with van der Waals surface area (Å²) in [7, 11) is 1.62. The van der Waals surface area contributed by atoms with E-state index in [0.717, 1.165) is 23.2 Å². The molecule has 0 aliphatic heterocycles. The number of carbonyl (C=O) groups is 1. The van der Waals surface area contributed by atoms with E-state index in [1.165, 1.54) is 17.8 Å². The van der Waals surface area contributed by atoms with E-state index >= 15 is 0 Å². The normalized spacial score (nSPS) is 12.5. The minimum Gasteiger partial charge on any atom is -0.383 e. The molecule has 1 aromatic heterocycles. The van der Waals surface area contributed by atoms with Gasteiger partial charge in [0.05, 0.1) is 28.5 Å². The highest BCUT2D eigenvalue weighted by atomic mass is 32.2. The van der Waals surface area contributed by atoms with Crippen LogP contribution in [0, 0.1) is 11.6 Å². The Morgan fingerprint density at radius 2 is 2.04 bits per heavy atom. The number of ether oxygens (including phenoxy) is 1. The Balaban J connectivity index is 1.88. The number of ketones is 1. The number of thioether (sulfide) groups is 1. The first-order valence-electron chi connectivity index (χ1n) is 8.11. The number of methoxy groups -OCH3 is 1. The second kappa shape index (κ2) is 7.97. The van der Waals surface area contributed by atoms with Crippen molar-refractivity contribution >= 4 is 28.6 Å². The van der Waals surface area contributed by atoms with E-state index in [1.54, 1.807) is 14.0 Å². The zero-order valence-electron chi connectivity index (χ0n) is 14.4. The number of halogens is 2. The number of hydrogen-bond donors (Lipinski definition) is 0. The average Bonchev–Trinajstić information content (AvgIpc) is 2.96. The van der Waals surface area contributed by atoms with Crippen LogP contribution in [-0.4, -0.2) is 34.3 Å². The van der Waals surface area contributed by atoms with Gasteiger partial charge in [0, 0.05) is 19.7 Å². The molecule has 3 aromatic rings. The first-order valence-corrected chi connectivity index (χ1v) is 8.99. The van der Waals surface area contributed by atoms with E-state index < -0.39 is 22.7 Å². The van der Waals surface area contributed by atoms with E-state index in [1.807, 2.05) is 28.8 Å². The number of nitrogens with zero attached hydrogens (tertiary/aromatic N) is 2. The predicted molar refractivity (Wildman–Crippen MR) is 97.6 cm³/mol. The molecule has 0 saturated carbocycles. The van der Waals surface area contributed by atoms with Gasteiger partial charge in [0.1, 0.15) is 11.6 Å². The molecule has 0 saturated heterocycles. The van der Waals surface area contributed by atoms with Crippen LogP contribution in [0.3, 0.4) is 0 Å². The van der Waals surface area contributed by atoms with E-state index in [-0.39, 0.29) is 5.56 Å². The summed E-state index contributed by atoms with van der Waals surface area (Å²) >= 11 is 1.25.